The average Bonchev–Trinajstić information content (AvgIpc) is 4.10. The standard InChI is InChI=1S/C66H39N7/c67-38-42-14-18-44(19-15-42)46-22-28-51(29-23-46)72-61-12-6-4-10-53(61)57-36-59(69-40-65(57)72)48-26-32-63-55(34-48)56-35-49(27-33-64(56)71(63)50-8-2-1-3-9-50)60-37-58-54-11-5-7-13-62(54)73(66(58)41-70-60)52-30-24-47(25-31-52)45-20-16-43(39-68)17-21-45/h1-37,40-41H. The van der Waals surface area contributed by atoms with Gasteiger partial charge in [0.1, 0.15) is 0 Å². The largest absolute Gasteiger partial charge is 0.309 e. The molecule has 7 nitrogen and oxygen atoms in total. The predicted octanol–water partition coefficient (Wildman–Crippen LogP) is 16.2. The fourth-order valence-corrected chi connectivity index (χ4v) is 10.9. The molecule has 0 spiro atoms. The molecular formula is C66H39N7. The Labute approximate surface area is 419 Å². The van der Waals surface area contributed by atoms with Crippen LogP contribution in [0.5, 0.6) is 0 Å². The molecule has 14 aromatic rings. The summed E-state index contributed by atoms with van der Waals surface area (Å²) in [7, 11) is 0. The number of nitriles is 2. The molecule has 0 fully saturated rings. The number of para-hydroxylation sites is 3. The Hall–Kier alpha value is -10.3. The van der Waals surface area contributed by atoms with Crippen molar-refractivity contribution in [1.29, 1.82) is 10.5 Å². The normalized spacial score (nSPS) is 11.5. The molecule has 0 atom stereocenters. The number of aromatic nitrogens is 5. The first-order valence-electron chi connectivity index (χ1n) is 24.2. The zero-order valence-corrected chi connectivity index (χ0v) is 39.1. The van der Waals surface area contributed by atoms with E-state index < -0.39 is 0 Å². The third kappa shape index (κ3) is 6.80. The van der Waals surface area contributed by atoms with Crippen LogP contribution in [0, 0.1) is 22.7 Å². The van der Waals surface area contributed by atoms with Crippen LogP contribution in [0.4, 0.5) is 0 Å². The van der Waals surface area contributed by atoms with E-state index in [4.69, 9.17) is 9.97 Å². The maximum absolute atomic E-state index is 9.30. The second-order valence-electron chi connectivity index (χ2n) is 18.5. The first-order chi connectivity index (χ1) is 36.1. The van der Waals surface area contributed by atoms with E-state index >= 15 is 0 Å². The highest BCUT2D eigenvalue weighted by molar-refractivity contribution is 6.14. The third-order valence-electron chi connectivity index (χ3n) is 14.4. The molecule has 0 bridgehead atoms. The molecule has 5 heterocycles. The van der Waals surface area contributed by atoms with Crippen molar-refractivity contribution in [2.75, 3.05) is 0 Å². The number of fused-ring (bicyclic) bond motifs is 9. The van der Waals surface area contributed by atoms with E-state index in [0.717, 1.165) is 127 Å². The highest BCUT2D eigenvalue weighted by atomic mass is 15.0. The zero-order chi connectivity index (χ0) is 48.6. The molecule has 0 radical (unpaired) electrons. The predicted molar refractivity (Wildman–Crippen MR) is 296 cm³/mol. The Morgan fingerprint density at radius 1 is 0.274 bits per heavy atom. The maximum Gasteiger partial charge on any atom is 0.0991 e. The summed E-state index contributed by atoms with van der Waals surface area (Å²) in [6.07, 6.45) is 4.03. The summed E-state index contributed by atoms with van der Waals surface area (Å²) in [6.45, 7) is 0. The topological polar surface area (TPSA) is 88.1 Å². The molecule has 5 aromatic heterocycles. The number of nitrogens with zero attached hydrogens (tertiary/aromatic N) is 7. The van der Waals surface area contributed by atoms with Crippen LogP contribution in [0.3, 0.4) is 0 Å². The van der Waals surface area contributed by atoms with Gasteiger partial charge in [-0.2, -0.15) is 10.5 Å². The van der Waals surface area contributed by atoms with Crippen LogP contribution in [-0.2, 0) is 0 Å². The molecule has 0 saturated carbocycles. The monoisotopic (exact) mass is 929 g/mol. The second kappa shape index (κ2) is 16.7. The SMILES string of the molecule is N#Cc1ccc(-c2ccc(-n3c4ccccc4c4cc(-c5ccc6c(c5)c5cc(-c7cc8c9ccccc9n(-c9ccc(-c%10ccc(C#N)cc%10)cc9)c8cn7)ccc5n6-c5ccccc5)ncc43)cc2)cc1. The summed E-state index contributed by atoms with van der Waals surface area (Å²) in [5, 5.41) is 25.5. The van der Waals surface area contributed by atoms with Gasteiger partial charge in [0.2, 0.25) is 0 Å². The van der Waals surface area contributed by atoms with Gasteiger partial charge in [-0.3, -0.25) is 9.97 Å². The van der Waals surface area contributed by atoms with Crippen LogP contribution in [0.15, 0.2) is 237 Å². The molecule has 0 saturated heterocycles. The smallest absolute Gasteiger partial charge is 0.0991 e. The number of hydrogen-bond acceptors (Lipinski definition) is 4. The van der Waals surface area contributed by atoms with E-state index in [1.165, 1.54) is 0 Å². The Balaban J connectivity index is 0.870. The van der Waals surface area contributed by atoms with Crippen LogP contribution in [0.2, 0.25) is 0 Å². The molecule has 73 heavy (non-hydrogen) atoms. The van der Waals surface area contributed by atoms with Crippen molar-refractivity contribution in [1.82, 2.24) is 23.7 Å². The van der Waals surface area contributed by atoms with Crippen molar-refractivity contribution in [3.8, 4) is 74.0 Å². The summed E-state index contributed by atoms with van der Waals surface area (Å²) in [6, 6.07) is 82.7. The lowest BCUT2D eigenvalue weighted by Crippen LogP contribution is -1.95. The van der Waals surface area contributed by atoms with E-state index in [-0.39, 0.29) is 0 Å². The lowest BCUT2D eigenvalue weighted by atomic mass is 10.0. The van der Waals surface area contributed by atoms with Crippen molar-refractivity contribution >= 4 is 65.4 Å². The number of pyridine rings is 2. The van der Waals surface area contributed by atoms with E-state index in [1.54, 1.807) is 0 Å². The minimum Gasteiger partial charge on any atom is -0.309 e. The third-order valence-corrected chi connectivity index (χ3v) is 14.4. The van der Waals surface area contributed by atoms with Gasteiger partial charge >= 0.3 is 0 Å². The van der Waals surface area contributed by atoms with Crippen LogP contribution in [-0.4, -0.2) is 23.7 Å². The van der Waals surface area contributed by atoms with E-state index in [9.17, 15) is 10.5 Å². The summed E-state index contributed by atoms with van der Waals surface area (Å²) in [5.74, 6) is 0. The molecule has 7 heteroatoms. The van der Waals surface area contributed by atoms with Gasteiger partial charge in [0, 0.05) is 60.5 Å². The van der Waals surface area contributed by atoms with Gasteiger partial charge < -0.3 is 13.7 Å². The van der Waals surface area contributed by atoms with Crippen LogP contribution in [0.1, 0.15) is 11.1 Å². The molecular weight excluding hydrogens is 891 g/mol. The summed E-state index contributed by atoms with van der Waals surface area (Å²) >= 11 is 0. The minimum atomic E-state index is 0.649. The van der Waals surface area contributed by atoms with Crippen LogP contribution >= 0.6 is 0 Å². The minimum absolute atomic E-state index is 0.649. The van der Waals surface area contributed by atoms with Gasteiger partial charge in [-0.25, -0.2) is 0 Å². The van der Waals surface area contributed by atoms with Gasteiger partial charge in [0.25, 0.3) is 0 Å². The lowest BCUT2D eigenvalue weighted by Gasteiger charge is -2.10. The van der Waals surface area contributed by atoms with Crippen molar-refractivity contribution in [2.45, 2.75) is 0 Å². The zero-order valence-electron chi connectivity index (χ0n) is 39.1. The quantitative estimate of drug-likeness (QED) is 0.159. The van der Waals surface area contributed by atoms with Crippen LogP contribution < -0.4 is 0 Å². The molecule has 0 aliphatic heterocycles. The molecule has 14 rings (SSSR count). The molecule has 0 N–H and O–H groups in total. The summed E-state index contributed by atoms with van der Waals surface area (Å²) in [5.41, 5.74) is 19.2. The molecule has 9 aromatic carbocycles. The Morgan fingerprint density at radius 3 is 1.03 bits per heavy atom. The van der Waals surface area contributed by atoms with E-state index in [0.29, 0.717) is 11.1 Å². The summed E-state index contributed by atoms with van der Waals surface area (Å²) < 4.78 is 6.94. The van der Waals surface area contributed by atoms with Gasteiger partial charge in [-0.15, -0.1) is 0 Å². The fraction of sp³-hybridized carbons (Fsp3) is 0. The van der Waals surface area contributed by atoms with Crippen molar-refractivity contribution in [3.63, 3.8) is 0 Å². The molecule has 0 amide bonds. The second-order valence-corrected chi connectivity index (χ2v) is 18.5. The summed E-state index contributed by atoms with van der Waals surface area (Å²) in [4.78, 5) is 10.4. The van der Waals surface area contributed by atoms with Crippen molar-refractivity contribution < 1.29 is 0 Å². The Kier molecular flexibility index (Phi) is 9.50. The highest BCUT2D eigenvalue weighted by Gasteiger charge is 2.19. The number of benzene rings is 9. The Bertz CT molecular complexity index is 4310. The number of hydrogen-bond donors (Lipinski definition) is 0. The lowest BCUT2D eigenvalue weighted by molar-refractivity contribution is 1.17. The average molecular weight is 930 g/mol. The highest BCUT2D eigenvalue weighted by Crippen LogP contribution is 2.40. The van der Waals surface area contributed by atoms with E-state index in [2.05, 4.69) is 202 Å². The maximum atomic E-state index is 9.30. The van der Waals surface area contributed by atoms with Gasteiger partial charge in [0.05, 0.1) is 80.1 Å². The molecule has 338 valence electrons. The van der Waals surface area contributed by atoms with Crippen LogP contribution in [0.25, 0.3) is 127 Å². The molecule has 0 aliphatic rings. The molecule has 0 unspecified atom stereocenters. The van der Waals surface area contributed by atoms with Gasteiger partial charge in [-0.05, 0) is 131 Å². The fourth-order valence-electron chi connectivity index (χ4n) is 10.9. The number of rotatable bonds is 7. The first-order valence-corrected chi connectivity index (χ1v) is 24.2. The Morgan fingerprint density at radius 2 is 0.603 bits per heavy atom. The first kappa shape index (κ1) is 41.6. The molecule has 0 aliphatic carbocycles. The van der Waals surface area contributed by atoms with Crippen molar-refractivity contribution in [3.05, 3.63) is 248 Å². The van der Waals surface area contributed by atoms with Gasteiger partial charge in [-0.1, -0.05) is 115 Å². The van der Waals surface area contributed by atoms with Gasteiger partial charge in [0.15, 0.2) is 0 Å². The van der Waals surface area contributed by atoms with Crippen molar-refractivity contribution in [2.24, 2.45) is 0 Å². The van der Waals surface area contributed by atoms with E-state index in [1.807, 2.05) is 60.9 Å².